The van der Waals surface area contributed by atoms with Crippen LogP contribution in [0.1, 0.15) is 39.0 Å². The van der Waals surface area contributed by atoms with Crippen molar-refractivity contribution in [3.8, 4) is 0 Å². The van der Waals surface area contributed by atoms with Crippen LogP contribution in [0.3, 0.4) is 0 Å². The molecule has 0 saturated carbocycles. The number of benzene rings is 1. The molecule has 24 heavy (non-hydrogen) atoms. The molecule has 0 aliphatic carbocycles. The van der Waals surface area contributed by atoms with Crippen LogP contribution in [0.15, 0.2) is 12.1 Å². The number of hydrogen-bond donors (Lipinski definition) is 3. The highest BCUT2D eigenvalue weighted by Gasteiger charge is 2.20. The first kappa shape index (κ1) is 18.4. The molecule has 2 rings (SSSR count). The van der Waals surface area contributed by atoms with Crippen LogP contribution in [0.2, 0.25) is 0 Å². The molecule has 3 N–H and O–H groups in total. The number of rotatable bonds is 6. The Morgan fingerprint density at radius 3 is 2.46 bits per heavy atom. The molecule has 7 heteroatoms. The number of nitrogens with one attached hydrogen (secondary N) is 2. The molecule has 2 amide bonds. The van der Waals surface area contributed by atoms with Crippen LogP contribution in [0.5, 0.6) is 0 Å². The molecule has 1 fully saturated rings. The number of carbonyl (C=O) groups is 1. The van der Waals surface area contributed by atoms with Gasteiger partial charge in [-0.25, -0.2) is 13.6 Å². The van der Waals surface area contributed by atoms with Crippen molar-refractivity contribution in [2.75, 3.05) is 29.9 Å². The predicted molar refractivity (Wildman–Crippen MR) is 90.4 cm³/mol. The lowest BCUT2D eigenvalue weighted by Crippen LogP contribution is -2.35. The van der Waals surface area contributed by atoms with Gasteiger partial charge in [0.25, 0.3) is 0 Å². The summed E-state index contributed by atoms with van der Waals surface area (Å²) in [5, 5.41) is 14.4. The van der Waals surface area contributed by atoms with E-state index in [1.807, 2.05) is 6.92 Å². The third kappa shape index (κ3) is 5.06. The van der Waals surface area contributed by atoms with E-state index < -0.39 is 23.8 Å². The highest BCUT2D eigenvalue weighted by molar-refractivity contribution is 5.89. The van der Waals surface area contributed by atoms with E-state index in [1.54, 1.807) is 4.90 Å². The maximum atomic E-state index is 14.3. The fourth-order valence-electron chi connectivity index (χ4n) is 2.88. The van der Waals surface area contributed by atoms with Crippen LogP contribution in [0.25, 0.3) is 0 Å². The Kier molecular flexibility index (Phi) is 6.78. The number of aliphatic hydroxyl groups excluding tert-OH is 1. The predicted octanol–water partition coefficient (Wildman–Crippen LogP) is 3.24. The first-order valence-corrected chi connectivity index (χ1v) is 8.48. The Hall–Kier alpha value is -1.89. The van der Waals surface area contributed by atoms with E-state index in [0.29, 0.717) is 19.5 Å². The molecule has 1 unspecified atom stereocenters. The van der Waals surface area contributed by atoms with E-state index >= 15 is 0 Å². The second-order valence-electron chi connectivity index (χ2n) is 6.11. The van der Waals surface area contributed by atoms with E-state index in [2.05, 4.69) is 10.6 Å². The first-order chi connectivity index (χ1) is 11.5. The molecule has 1 aromatic rings. The molecule has 1 aliphatic heterocycles. The minimum Gasteiger partial charge on any atom is -0.391 e. The number of nitrogens with zero attached hydrogens (tertiary/aromatic N) is 1. The standard InChI is InChI=1S/C17H25F2N3O2/c1-2-6-13(23)11-20-17(24)21-12-9-14(18)16(15(19)10-12)22-7-4-3-5-8-22/h9-10,13,23H,2-8,11H2,1H3,(H2,20,21,24). The van der Waals surface area contributed by atoms with Crippen LogP contribution in [0, 0.1) is 11.6 Å². The first-order valence-electron chi connectivity index (χ1n) is 8.48. The van der Waals surface area contributed by atoms with Crippen molar-refractivity contribution >= 4 is 17.4 Å². The molecule has 1 heterocycles. The van der Waals surface area contributed by atoms with Crippen LogP contribution in [-0.2, 0) is 0 Å². The van der Waals surface area contributed by atoms with Crippen LogP contribution < -0.4 is 15.5 Å². The zero-order valence-corrected chi connectivity index (χ0v) is 13.9. The van der Waals surface area contributed by atoms with Crippen molar-refractivity contribution in [2.24, 2.45) is 0 Å². The summed E-state index contributed by atoms with van der Waals surface area (Å²) >= 11 is 0. The van der Waals surface area contributed by atoms with Gasteiger partial charge in [-0.15, -0.1) is 0 Å². The van der Waals surface area contributed by atoms with E-state index in [9.17, 15) is 18.7 Å². The molecule has 5 nitrogen and oxygen atoms in total. The monoisotopic (exact) mass is 341 g/mol. The van der Waals surface area contributed by atoms with E-state index in [4.69, 9.17) is 0 Å². The minimum atomic E-state index is -0.682. The number of piperidine rings is 1. The van der Waals surface area contributed by atoms with E-state index in [-0.39, 0.29) is 17.9 Å². The second kappa shape index (κ2) is 8.82. The summed E-state index contributed by atoms with van der Waals surface area (Å²) in [7, 11) is 0. The van der Waals surface area contributed by atoms with Crippen molar-refractivity contribution in [1.29, 1.82) is 0 Å². The number of carbonyl (C=O) groups excluding carboxylic acids is 1. The van der Waals surface area contributed by atoms with Gasteiger partial charge in [-0.2, -0.15) is 0 Å². The summed E-state index contributed by atoms with van der Waals surface area (Å²) in [6.07, 6.45) is 3.66. The minimum absolute atomic E-state index is 0.0287. The third-order valence-electron chi connectivity index (χ3n) is 4.07. The third-order valence-corrected chi connectivity index (χ3v) is 4.07. The molecule has 0 spiro atoms. The SMILES string of the molecule is CCCC(O)CNC(=O)Nc1cc(F)c(N2CCCCC2)c(F)c1. The molecular weight excluding hydrogens is 316 g/mol. The van der Waals surface area contributed by atoms with Crippen molar-refractivity contribution in [2.45, 2.75) is 45.1 Å². The van der Waals surface area contributed by atoms with Crippen LogP contribution >= 0.6 is 0 Å². The summed E-state index contributed by atoms with van der Waals surface area (Å²) in [6, 6.07) is 1.64. The van der Waals surface area contributed by atoms with Gasteiger partial charge in [-0.3, -0.25) is 0 Å². The summed E-state index contributed by atoms with van der Waals surface area (Å²) in [5.41, 5.74) is 0.0206. The van der Waals surface area contributed by atoms with E-state index in [0.717, 1.165) is 37.8 Å². The van der Waals surface area contributed by atoms with Crippen molar-refractivity contribution in [3.63, 3.8) is 0 Å². The highest BCUT2D eigenvalue weighted by atomic mass is 19.1. The van der Waals surface area contributed by atoms with Crippen LogP contribution in [0.4, 0.5) is 25.0 Å². The zero-order valence-electron chi connectivity index (χ0n) is 13.9. The Morgan fingerprint density at radius 1 is 1.25 bits per heavy atom. The molecule has 1 saturated heterocycles. The van der Waals surface area contributed by atoms with Gasteiger partial charge >= 0.3 is 6.03 Å². The lowest BCUT2D eigenvalue weighted by Gasteiger charge is -2.29. The lowest BCUT2D eigenvalue weighted by atomic mass is 10.1. The number of hydrogen-bond acceptors (Lipinski definition) is 3. The molecule has 0 bridgehead atoms. The van der Waals surface area contributed by atoms with Crippen LogP contribution in [-0.4, -0.2) is 36.9 Å². The molecule has 1 aromatic carbocycles. The van der Waals surface area contributed by atoms with Gasteiger partial charge in [-0.1, -0.05) is 13.3 Å². The topological polar surface area (TPSA) is 64.6 Å². The second-order valence-corrected chi connectivity index (χ2v) is 6.11. The summed E-state index contributed by atoms with van der Waals surface area (Å²) in [4.78, 5) is 13.4. The van der Waals surface area contributed by atoms with Crippen molar-refractivity contribution < 1.29 is 18.7 Å². The largest absolute Gasteiger partial charge is 0.391 e. The number of amides is 2. The van der Waals surface area contributed by atoms with Crippen molar-refractivity contribution in [1.82, 2.24) is 5.32 Å². The molecular formula is C17H25F2N3O2. The lowest BCUT2D eigenvalue weighted by molar-refractivity contribution is 0.162. The van der Waals surface area contributed by atoms with E-state index in [1.165, 1.54) is 0 Å². The number of anilines is 2. The molecule has 1 atom stereocenters. The summed E-state index contributed by atoms with van der Waals surface area (Å²) in [6.45, 7) is 3.29. The quantitative estimate of drug-likeness (QED) is 0.744. The van der Waals surface area contributed by atoms with Gasteiger partial charge in [0.2, 0.25) is 0 Å². The number of halogens is 2. The fourth-order valence-corrected chi connectivity index (χ4v) is 2.88. The van der Waals surface area contributed by atoms with Gasteiger partial charge < -0.3 is 20.6 Å². The Labute approximate surface area is 141 Å². The molecule has 0 radical (unpaired) electrons. The molecule has 134 valence electrons. The van der Waals surface area contributed by atoms with Gasteiger partial charge in [-0.05, 0) is 37.8 Å². The maximum absolute atomic E-state index is 14.3. The Morgan fingerprint density at radius 2 is 1.88 bits per heavy atom. The zero-order chi connectivity index (χ0) is 17.5. The van der Waals surface area contributed by atoms with Gasteiger partial charge in [0.05, 0.1) is 6.10 Å². The normalized spacial score (nSPS) is 15.9. The number of urea groups is 1. The summed E-state index contributed by atoms with van der Waals surface area (Å²) in [5.74, 6) is -1.36. The van der Waals surface area contributed by atoms with Gasteiger partial charge in [0, 0.05) is 25.3 Å². The maximum Gasteiger partial charge on any atom is 0.319 e. The fraction of sp³-hybridized carbons (Fsp3) is 0.588. The smallest absolute Gasteiger partial charge is 0.319 e. The average molecular weight is 341 g/mol. The van der Waals surface area contributed by atoms with Gasteiger partial charge in [0.15, 0.2) is 11.6 Å². The number of aliphatic hydroxyl groups is 1. The molecule has 0 aromatic heterocycles. The molecule has 1 aliphatic rings. The Bertz CT molecular complexity index is 540. The van der Waals surface area contributed by atoms with Crippen molar-refractivity contribution in [3.05, 3.63) is 23.8 Å². The average Bonchev–Trinajstić information content (AvgIpc) is 2.53. The highest BCUT2D eigenvalue weighted by Crippen LogP contribution is 2.29. The van der Waals surface area contributed by atoms with Gasteiger partial charge in [0.1, 0.15) is 5.69 Å². The Balaban J connectivity index is 1.97. The summed E-state index contributed by atoms with van der Waals surface area (Å²) < 4.78 is 28.5.